The van der Waals surface area contributed by atoms with Gasteiger partial charge in [-0.05, 0) is 30.5 Å². The maximum Gasteiger partial charge on any atom is 0.245 e. The number of carbonyl (C=O) groups excluding carboxylic acids is 2. The molecule has 0 spiro atoms. The Hall–Kier alpha value is -1.67. The molecular formula is C18H24Cl2N4O2S. The summed E-state index contributed by atoms with van der Waals surface area (Å²) in [7, 11) is 0. The Morgan fingerprint density at radius 2 is 2.04 bits per heavy atom. The molecule has 0 radical (unpaired) electrons. The molecule has 0 bridgehead atoms. The van der Waals surface area contributed by atoms with Crippen molar-refractivity contribution in [1.29, 1.82) is 0 Å². The molecule has 4 N–H and O–H groups in total. The van der Waals surface area contributed by atoms with E-state index in [-0.39, 0.29) is 36.7 Å². The number of hydrogen-bond donors (Lipinski definition) is 3. The average Bonchev–Trinajstić information content (AvgIpc) is 2.91. The molecule has 0 fully saturated rings. The highest BCUT2D eigenvalue weighted by atomic mass is 35.5. The van der Waals surface area contributed by atoms with E-state index in [2.05, 4.69) is 15.6 Å². The van der Waals surface area contributed by atoms with E-state index in [1.165, 1.54) is 11.3 Å². The van der Waals surface area contributed by atoms with Crippen LogP contribution in [0.3, 0.4) is 0 Å². The van der Waals surface area contributed by atoms with Crippen LogP contribution >= 0.6 is 35.3 Å². The smallest absolute Gasteiger partial charge is 0.245 e. The molecule has 148 valence electrons. The van der Waals surface area contributed by atoms with E-state index >= 15 is 0 Å². The SMILES string of the molecule is Cc1nc(NC(=O)CNC(=O)[C@@H](N)C(C)C)sc1Cc1cccc(Cl)c1.Cl. The Labute approximate surface area is 174 Å². The molecule has 0 aliphatic carbocycles. The number of rotatable bonds is 7. The van der Waals surface area contributed by atoms with Crippen LogP contribution in [0.25, 0.3) is 0 Å². The fourth-order valence-corrected chi connectivity index (χ4v) is 3.46. The van der Waals surface area contributed by atoms with Crippen molar-refractivity contribution in [3.63, 3.8) is 0 Å². The quantitative estimate of drug-likeness (QED) is 0.628. The van der Waals surface area contributed by atoms with Crippen molar-refractivity contribution >= 4 is 52.3 Å². The Balaban J connectivity index is 0.00000364. The number of nitrogens with one attached hydrogen (secondary N) is 2. The first-order valence-corrected chi connectivity index (χ1v) is 9.49. The zero-order valence-corrected chi connectivity index (χ0v) is 17.8. The van der Waals surface area contributed by atoms with E-state index < -0.39 is 6.04 Å². The van der Waals surface area contributed by atoms with Crippen molar-refractivity contribution in [2.45, 2.75) is 33.2 Å². The third-order valence-corrected chi connectivity index (χ3v) is 5.14. The van der Waals surface area contributed by atoms with E-state index in [1.807, 2.05) is 45.0 Å². The van der Waals surface area contributed by atoms with Gasteiger partial charge in [0.15, 0.2) is 5.13 Å². The molecule has 1 heterocycles. The molecule has 1 aromatic carbocycles. The van der Waals surface area contributed by atoms with E-state index in [1.54, 1.807) is 0 Å². The molecule has 0 aliphatic heterocycles. The summed E-state index contributed by atoms with van der Waals surface area (Å²) in [5, 5.41) is 6.44. The van der Waals surface area contributed by atoms with Gasteiger partial charge in [-0.25, -0.2) is 4.98 Å². The number of aromatic nitrogens is 1. The van der Waals surface area contributed by atoms with Crippen LogP contribution in [0.5, 0.6) is 0 Å². The number of carbonyl (C=O) groups is 2. The largest absolute Gasteiger partial charge is 0.346 e. The zero-order valence-electron chi connectivity index (χ0n) is 15.4. The molecule has 1 aromatic heterocycles. The lowest BCUT2D eigenvalue weighted by molar-refractivity contribution is -0.125. The van der Waals surface area contributed by atoms with Crippen molar-refractivity contribution < 1.29 is 9.59 Å². The predicted octanol–water partition coefficient (Wildman–Crippen LogP) is 3.16. The summed E-state index contributed by atoms with van der Waals surface area (Å²) in [5.74, 6) is -0.668. The molecule has 2 amide bonds. The number of amides is 2. The Morgan fingerprint density at radius 1 is 1.33 bits per heavy atom. The molecule has 2 rings (SSSR count). The van der Waals surface area contributed by atoms with Gasteiger partial charge in [-0.3, -0.25) is 9.59 Å². The van der Waals surface area contributed by atoms with Gasteiger partial charge < -0.3 is 16.4 Å². The van der Waals surface area contributed by atoms with Crippen LogP contribution in [0.15, 0.2) is 24.3 Å². The first-order chi connectivity index (χ1) is 12.3. The van der Waals surface area contributed by atoms with Crippen LogP contribution in [-0.4, -0.2) is 29.4 Å². The minimum Gasteiger partial charge on any atom is -0.346 e. The molecule has 0 unspecified atom stereocenters. The summed E-state index contributed by atoms with van der Waals surface area (Å²) < 4.78 is 0. The summed E-state index contributed by atoms with van der Waals surface area (Å²) in [6, 6.07) is 7.01. The topological polar surface area (TPSA) is 97.1 Å². The van der Waals surface area contributed by atoms with E-state index in [0.717, 1.165) is 16.1 Å². The first-order valence-electron chi connectivity index (χ1n) is 8.30. The van der Waals surface area contributed by atoms with Crippen molar-refractivity contribution in [2.24, 2.45) is 11.7 Å². The molecule has 6 nitrogen and oxygen atoms in total. The number of halogens is 2. The zero-order chi connectivity index (χ0) is 19.3. The third-order valence-electron chi connectivity index (χ3n) is 3.84. The molecular weight excluding hydrogens is 407 g/mol. The predicted molar refractivity (Wildman–Crippen MR) is 113 cm³/mol. The van der Waals surface area contributed by atoms with Crippen LogP contribution in [-0.2, 0) is 16.0 Å². The number of thiazole rings is 1. The molecule has 0 aliphatic rings. The van der Waals surface area contributed by atoms with Crippen molar-refractivity contribution in [3.8, 4) is 0 Å². The second kappa shape index (κ2) is 10.6. The van der Waals surface area contributed by atoms with E-state index in [0.29, 0.717) is 16.6 Å². The summed E-state index contributed by atoms with van der Waals surface area (Å²) in [6.45, 7) is 5.46. The standard InChI is InChI=1S/C18H23ClN4O2S.ClH/c1-10(2)16(20)17(25)21-9-15(24)23-18-22-11(3)14(26-18)8-12-5-4-6-13(19)7-12;/h4-7,10,16H,8-9,20H2,1-3H3,(H,21,25)(H,22,23,24);1H/t16-;/m0./s1. The highest BCUT2D eigenvalue weighted by Gasteiger charge is 2.18. The fourth-order valence-electron chi connectivity index (χ4n) is 2.23. The molecule has 2 aromatic rings. The van der Waals surface area contributed by atoms with Crippen LogP contribution < -0.4 is 16.4 Å². The van der Waals surface area contributed by atoms with E-state index in [4.69, 9.17) is 17.3 Å². The van der Waals surface area contributed by atoms with Gasteiger partial charge in [0.25, 0.3) is 0 Å². The van der Waals surface area contributed by atoms with Gasteiger partial charge in [0.1, 0.15) is 0 Å². The normalized spacial score (nSPS) is 11.6. The van der Waals surface area contributed by atoms with Crippen LogP contribution in [0, 0.1) is 12.8 Å². The second-order valence-corrected chi connectivity index (χ2v) is 7.89. The lowest BCUT2D eigenvalue weighted by Crippen LogP contribution is -2.46. The Kier molecular flexibility index (Phi) is 9.18. The minimum absolute atomic E-state index is 0. The van der Waals surface area contributed by atoms with E-state index in [9.17, 15) is 9.59 Å². The second-order valence-electron chi connectivity index (χ2n) is 6.37. The summed E-state index contributed by atoms with van der Waals surface area (Å²) >= 11 is 7.42. The number of aryl methyl sites for hydroxylation is 1. The summed E-state index contributed by atoms with van der Waals surface area (Å²) in [6.07, 6.45) is 0.694. The van der Waals surface area contributed by atoms with Gasteiger partial charge >= 0.3 is 0 Å². The van der Waals surface area contributed by atoms with Crippen molar-refractivity contribution in [3.05, 3.63) is 45.4 Å². The van der Waals surface area contributed by atoms with Crippen LogP contribution in [0.4, 0.5) is 5.13 Å². The number of hydrogen-bond acceptors (Lipinski definition) is 5. The number of nitrogens with two attached hydrogens (primary N) is 1. The number of nitrogens with zero attached hydrogens (tertiary/aromatic N) is 1. The van der Waals surface area contributed by atoms with Crippen LogP contribution in [0.2, 0.25) is 5.02 Å². The monoisotopic (exact) mass is 430 g/mol. The van der Waals surface area contributed by atoms with Gasteiger partial charge in [0.2, 0.25) is 11.8 Å². The highest BCUT2D eigenvalue weighted by Crippen LogP contribution is 2.26. The van der Waals surface area contributed by atoms with Gasteiger partial charge in [-0.2, -0.15) is 0 Å². The Bertz CT molecular complexity index is 795. The van der Waals surface area contributed by atoms with Gasteiger partial charge in [-0.15, -0.1) is 23.7 Å². The number of anilines is 1. The minimum atomic E-state index is -0.630. The van der Waals surface area contributed by atoms with Crippen LogP contribution in [0.1, 0.15) is 30.0 Å². The number of benzene rings is 1. The highest BCUT2D eigenvalue weighted by molar-refractivity contribution is 7.15. The van der Waals surface area contributed by atoms with Crippen molar-refractivity contribution in [2.75, 3.05) is 11.9 Å². The van der Waals surface area contributed by atoms with Gasteiger partial charge in [0, 0.05) is 16.3 Å². The summed E-state index contributed by atoms with van der Waals surface area (Å²) in [5.41, 5.74) is 7.68. The van der Waals surface area contributed by atoms with Crippen molar-refractivity contribution in [1.82, 2.24) is 10.3 Å². The average molecular weight is 431 g/mol. The molecule has 1 atom stereocenters. The lowest BCUT2D eigenvalue weighted by Gasteiger charge is -2.14. The van der Waals surface area contributed by atoms with Gasteiger partial charge in [0.05, 0.1) is 18.3 Å². The summed E-state index contributed by atoms with van der Waals surface area (Å²) in [4.78, 5) is 29.2. The first kappa shape index (κ1) is 23.4. The van der Waals surface area contributed by atoms with Gasteiger partial charge in [-0.1, -0.05) is 37.6 Å². The maximum absolute atomic E-state index is 12.0. The lowest BCUT2D eigenvalue weighted by atomic mass is 10.1. The fraction of sp³-hybridized carbons (Fsp3) is 0.389. The molecule has 0 saturated heterocycles. The molecule has 27 heavy (non-hydrogen) atoms. The maximum atomic E-state index is 12.0. The third kappa shape index (κ3) is 7.10. The Morgan fingerprint density at radius 3 is 2.67 bits per heavy atom. The molecule has 9 heteroatoms. The molecule has 0 saturated carbocycles.